The predicted octanol–water partition coefficient (Wildman–Crippen LogP) is 5.79. The number of rotatable bonds is 8. The molecule has 0 fully saturated rings. The van der Waals surface area contributed by atoms with Gasteiger partial charge in [0.05, 0.1) is 11.4 Å². The number of amides is 1. The van der Waals surface area contributed by atoms with Gasteiger partial charge in [-0.2, -0.15) is 11.8 Å². The summed E-state index contributed by atoms with van der Waals surface area (Å²) in [5.41, 5.74) is 1.57. The van der Waals surface area contributed by atoms with E-state index in [1.807, 2.05) is 48.5 Å². The second-order valence-electron chi connectivity index (χ2n) is 5.73. The molecule has 0 saturated heterocycles. The topological polar surface area (TPSA) is 51.2 Å². The highest BCUT2D eigenvalue weighted by Gasteiger charge is 2.10. The van der Waals surface area contributed by atoms with Gasteiger partial charge in [0.15, 0.2) is 5.75 Å². The van der Waals surface area contributed by atoms with Gasteiger partial charge in [-0.25, -0.2) is 0 Å². The fraction of sp³-hybridized carbons (Fsp3) is 0.143. The number of benzene rings is 2. The number of carbonyl (C=O) groups is 1. The number of ether oxygens (including phenoxy) is 1. The first-order valence-corrected chi connectivity index (χ1v) is 10.0. The van der Waals surface area contributed by atoms with Crippen molar-refractivity contribution in [3.05, 3.63) is 83.6 Å². The number of hydrogen-bond donors (Lipinski definition) is 1. The fourth-order valence-corrected chi connectivity index (χ4v) is 3.37. The van der Waals surface area contributed by atoms with Gasteiger partial charge in [0.25, 0.3) is 0 Å². The summed E-state index contributed by atoms with van der Waals surface area (Å²) in [7, 11) is 0. The van der Waals surface area contributed by atoms with Crippen molar-refractivity contribution < 1.29 is 9.53 Å². The van der Waals surface area contributed by atoms with Crippen molar-refractivity contribution in [1.29, 1.82) is 0 Å². The molecule has 1 amide bonds. The van der Waals surface area contributed by atoms with Gasteiger partial charge in [-0.15, -0.1) is 0 Å². The van der Waals surface area contributed by atoms with E-state index in [-0.39, 0.29) is 5.91 Å². The fourth-order valence-electron chi connectivity index (χ4n) is 2.34. The van der Waals surface area contributed by atoms with E-state index >= 15 is 0 Å². The molecule has 0 bridgehead atoms. The second kappa shape index (κ2) is 10.00. The van der Waals surface area contributed by atoms with Crippen LogP contribution in [-0.2, 0) is 10.5 Å². The molecule has 3 rings (SSSR count). The molecule has 3 aromatic rings. The SMILES string of the molecule is O=C(CCSCc1ccccn1)Nc1cc(Cl)ccc1Oc1ccccc1. The first-order chi connectivity index (χ1) is 13.2. The zero-order valence-corrected chi connectivity index (χ0v) is 16.2. The normalized spacial score (nSPS) is 10.4. The molecule has 0 aliphatic carbocycles. The van der Waals surface area contributed by atoms with Crippen molar-refractivity contribution in [3.63, 3.8) is 0 Å². The monoisotopic (exact) mass is 398 g/mol. The number of aromatic nitrogens is 1. The first kappa shape index (κ1) is 19.3. The summed E-state index contributed by atoms with van der Waals surface area (Å²) in [6, 6.07) is 20.4. The quantitative estimate of drug-likeness (QED) is 0.488. The van der Waals surface area contributed by atoms with Gasteiger partial charge in [-0.05, 0) is 42.5 Å². The third-order valence-electron chi connectivity index (χ3n) is 3.64. The van der Waals surface area contributed by atoms with E-state index in [1.165, 1.54) is 0 Å². The highest BCUT2D eigenvalue weighted by atomic mass is 35.5. The summed E-state index contributed by atoms with van der Waals surface area (Å²) in [5, 5.41) is 3.43. The predicted molar refractivity (Wildman–Crippen MR) is 112 cm³/mol. The molecule has 0 atom stereocenters. The lowest BCUT2D eigenvalue weighted by Gasteiger charge is -2.13. The Morgan fingerprint density at radius 3 is 2.67 bits per heavy atom. The van der Waals surface area contributed by atoms with E-state index in [2.05, 4.69) is 10.3 Å². The highest BCUT2D eigenvalue weighted by Crippen LogP contribution is 2.32. The molecule has 0 aliphatic heterocycles. The smallest absolute Gasteiger partial charge is 0.225 e. The maximum Gasteiger partial charge on any atom is 0.225 e. The van der Waals surface area contributed by atoms with Crippen molar-refractivity contribution in [2.75, 3.05) is 11.1 Å². The number of halogens is 1. The standard InChI is InChI=1S/C21H19ClN2O2S/c22-16-9-10-20(26-18-7-2-1-3-8-18)19(14-16)24-21(25)11-13-27-15-17-6-4-5-12-23-17/h1-10,12,14H,11,13,15H2,(H,24,25). The van der Waals surface area contributed by atoms with Gasteiger partial charge in [-0.3, -0.25) is 9.78 Å². The zero-order chi connectivity index (χ0) is 18.9. The Kier molecular flexibility index (Phi) is 7.13. The van der Waals surface area contributed by atoms with Crippen molar-refractivity contribution in [2.24, 2.45) is 0 Å². The number of thioether (sulfide) groups is 1. The van der Waals surface area contributed by atoms with Crippen molar-refractivity contribution in [2.45, 2.75) is 12.2 Å². The number of carbonyl (C=O) groups excluding carboxylic acids is 1. The summed E-state index contributed by atoms with van der Waals surface area (Å²) < 4.78 is 5.86. The maximum absolute atomic E-state index is 12.3. The van der Waals surface area contributed by atoms with E-state index in [4.69, 9.17) is 16.3 Å². The molecule has 0 aliphatic rings. The second-order valence-corrected chi connectivity index (χ2v) is 7.27. The number of nitrogens with zero attached hydrogens (tertiary/aromatic N) is 1. The van der Waals surface area contributed by atoms with Crippen LogP contribution in [0.25, 0.3) is 0 Å². The molecule has 1 N–H and O–H groups in total. The van der Waals surface area contributed by atoms with Gasteiger partial charge < -0.3 is 10.1 Å². The molecule has 0 spiro atoms. The van der Waals surface area contributed by atoms with Gasteiger partial charge in [-0.1, -0.05) is 35.9 Å². The third kappa shape index (κ3) is 6.31. The van der Waals surface area contributed by atoms with Crippen molar-refractivity contribution in [1.82, 2.24) is 4.98 Å². The Balaban J connectivity index is 1.54. The van der Waals surface area contributed by atoms with Crippen LogP contribution in [0.2, 0.25) is 5.02 Å². The van der Waals surface area contributed by atoms with Crippen LogP contribution in [-0.4, -0.2) is 16.6 Å². The molecule has 1 aromatic heterocycles. The van der Waals surface area contributed by atoms with E-state index < -0.39 is 0 Å². The Labute approximate surface area is 167 Å². The average Bonchev–Trinajstić information content (AvgIpc) is 2.69. The Hall–Kier alpha value is -2.50. The number of nitrogens with one attached hydrogen (secondary N) is 1. The molecule has 2 aromatic carbocycles. The highest BCUT2D eigenvalue weighted by molar-refractivity contribution is 7.98. The van der Waals surface area contributed by atoms with Crippen LogP contribution >= 0.6 is 23.4 Å². The molecule has 0 unspecified atom stereocenters. The van der Waals surface area contributed by atoms with Crippen LogP contribution < -0.4 is 10.1 Å². The zero-order valence-electron chi connectivity index (χ0n) is 14.6. The van der Waals surface area contributed by atoms with Crippen LogP contribution in [0.3, 0.4) is 0 Å². The molecule has 138 valence electrons. The minimum Gasteiger partial charge on any atom is -0.455 e. The summed E-state index contributed by atoms with van der Waals surface area (Å²) >= 11 is 7.75. The van der Waals surface area contributed by atoms with Crippen molar-refractivity contribution >= 4 is 35.0 Å². The van der Waals surface area contributed by atoms with Crippen LogP contribution in [0.15, 0.2) is 72.9 Å². The summed E-state index contributed by atoms with van der Waals surface area (Å²) in [6.07, 6.45) is 2.17. The number of anilines is 1. The number of pyridine rings is 1. The molecular formula is C21H19ClN2O2S. The molecule has 4 nitrogen and oxygen atoms in total. The Bertz CT molecular complexity index is 876. The van der Waals surface area contributed by atoms with E-state index in [1.54, 1.807) is 36.2 Å². The van der Waals surface area contributed by atoms with Crippen LogP contribution in [0.5, 0.6) is 11.5 Å². The third-order valence-corrected chi connectivity index (χ3v) is 4.86. The first-order valence-electron chi connectivity index (χ1n) is 8.51. The van der Waals surface area contributed by atoms with Crippen LogP contribution in [0.4, 0.5) is 5.69 Å². The molecule has 0 radical (unpaired) electrons. The number of hydrogen-bond acceptors (Lipinski definition) is 4. The van der Waals surface area contributed by atoms with E-state index in [0.29, 0.717) is 34.4 Å². The minimum atomic E-state index is -0.0799. The largest absolute Gasteiger partial charge is 0.455 e. The maximum atomic E-state index is 12.3. The summed E-state index contributed by atoms with van der Waals surface area (Å²) in [5.74, 6) is 2.66. The molecule has 1 heterocycles. The molecular weight excluding hydrogens is 380 g/mol. The van der Waals surface area contributed by atoms with Crippen LogP contribution in [0.1, 0.15) is 12.1 Å². The van der Waals surface area contributed by atoms with Gasteiger partial charge >= 0.3 is 0 Å². The molecule has 27 heavy (non-hydrogen) atoms. The summed E-state index contributed by atoms with van der Waals surface area (Å²) in [6.45, 7) is 0. The van der Waals surface area contributed by atoms with Crippen molar-refractivity contribution in [3.8, 4) is 11.5 Å². The van der Waals surface area contributed by atoms with E-state index in [0.717, 1.165) is 11.4 Å². The lowest BCUT2D eigenvalue weighted by molar-refractivity contribution is -0.115. The molecule has 6 heteroatoms. The summed E-state index contributed by atoms with van der Waals surface area (Å²) in [4.78, 5) is 16.6. The lowest BCUT2D eigenvalue weighted by atomic mass is 10.2. The lowest BCUT2D eigenvalue weighted by Crippen LogP contribution is -2.13. The molecule has 0 saturated carbocycles. The Morgan fingerprint density at radius 2 is 1.89 bits per heavy atom. The van der Waals surface area contributed by atoms with E-state index in [9.17, 15) is 4.79 Å². The average molecular weight is 399 g/mol. The van der Waals surface area contributed by atoms with Gasteiger partial charge in [0.2, 0.25) is 5.91 Å². The number of para-hydroxylation sites is 1. The minimum absolute atomic E-state index is 0.0799. The van der Waals surface area contributed by atoms with Gasteiger partial charge in [0, 0.05) is 29.1 Å². The van der Waals surface area contributed by atoms with Gasteiger partial charge in [0.1, 0.15) is 5.75 Å². The Morgan fingerprint density at radius 1 is 1.07 bits per heavy atom. The van der Waals surface area contributed by atoms with Crippen LogP contribution in [0, 0.1) is 0 Å².